The number of nitrogens with zero attached hydrogens (tertiary/aromatic N) is 1. The van der Waals surface area contributed by atoms with Gasteiger partial charge in [-0.15, -0.1) is 0 Å². The number of benzene rings is 2. The number of halogens is 1. The molecule has 0 bridgehead atoms. The van der Waals surface area contributed by atoms with Crippen molar-refractivity contribution in [2.45, 2.75) is 40.0 Å². The molecule has 3 aromatic rings. The summed E-state index contributed by atoms with van der Waals surface area (Å²) in [5.41, 5.74) is 4.22. The molecular formula is C21H23BrN2O2S. The fourth-order valence-electron chi connectivity index (χ4n) is 2.98. The minimum atomic E-state index is -0.206. The predicted molar refractivity (Wildman–Crippen MR) is 116 cm³/mol. The number of aryl methyl sites for hydroxylation is 3. The molecule has 0 saturated heterocycles. The number of fused-ring (bicyclic) bond motifs is 1. The molecular weight excluding hydrogens is 424 g/mol. The van der Waals surface area contributed by atoms with Crippen LogP contribution in [0.25, 0.3) is 10.2 Å². The van der Waals surface area contributed by atoms with Crippen LogP contribution in [0.15, 0.2) is 34.8 Å². The van der Waals surface area contributed by atoms with Gasteiger partial charge in [-0.05, 0) is 67.6 Å². The zero-order valence-corrected chi connectivity index (χ0v) is 18.2. The quantitative estimate of drug-likeness (QED) is 0.481. The second-order valence-electron chi connectivity index (χ2n) is 6.63. The summed E-state index contributed by atoms with van der Waals surface area (Å²) in [5.74, 6) is 0.542. The van der Waals surface area contributed by atoms with Crippen LogP contribution in [0.1, 0.15) is 36.5 Å². The average Bonchev–Trinajstić information content (AvgIpc) is 3.00. The Labute approximate surface area is 172 Å². The molecule has 0 aliphatic rings. The van der Waals surface area contributed by atoms with Gasteiger partial charge in [-0.25, -0.2) is 4.98 Å². The maximum Gasteiger partial charge on any atom is 0.264 e. The Kier molecular flexibility index (Phi) is 6.50. The number of unbranched alkanes of at least 4 members (excludes halogenated alkanes) is 1. The molecule has 27 heavy (non-hydrogen) atoms. The van der Waals surface area contributed by atoms with Crippen molar-refractivity contribution in [2.24, 2.45) is 0 Å². The number of nitrogens with one attached hydrogen (secondary N) is 1. The van der Waals surface area contributed by atoms with Crippen LogP contribution in [-0.2, 0) is 11.2 Å². The molecule has 1 heterocycles. The molecule has 0 fully saturated rings. The topological polar surface area (TPSA) is 51.2 Å². The van der Waals surface area contributed by atoms with Gasteiger partial charge in [-0.1, -0.05) is 46.7 Å². The molecule has 4 nitrogen and oxygen atoms in total. The van der Waals surface area contributed by atoms with Crippen LogP contribution in [0.3, 0.4) is 0 Å². The maximum absolute atomic E-state index is 12.3. The standard InChI is InChI=1S/C21H23BrN2O2S/c1-4-5-6-15-7-8-17-18(11-15)27-21(23-17)24-19(25)12-26-20-13(2)9-16(22)10-14(20)3/h7-11H,4-6,12H2,1-3H3,(H,23,24,25). The lowest BCUT2D eigenvalue weighted by atomic mass is 10.1. The molecule has 0 aliphatic carbocycles. The first-order chi connectivity index (χ1) is 13.0. The highest BCUT2D eigenvalue weighted by Gasteiger charge is 2.11. The summed E-state index contributed by atoms with van der Waals surface area (Å²) in [6, 6.07) is 10.3. The van der Waals surface area contributed by atoms with Crippen LogP contribution in [0.4, 0.5) is 5.13 Å². The minimum Gasteiger partial charge on any atom is -0.483 e. The monoisotopic (exact) mass is 446 g/mol. The van der Waals surface area contributed by atoms with E-state index >= 15 is 0 Å². The van der Waals surface area contributed by atoms with E-state index in [2.05, 4.69) is 45.3 Å². The van der Waals surface area contributed by atoms with E-state index in [0.29, 0.717) is 5.13 Å². The van der Waals surface area contributed by atoms with Crippen molar-refractivity contribution in [3.63, 3.8) is 0 Å². The number of hydrogen-bond acceptors (Lipinski definition) is 4. The predicted octanol–water partition coefficient (Wildman–Crippen LogP) is 6.04. The Morgan fingerprint density at radius 2 is 1.96 bits per heavy atom. The smallest absolute Gasteiger partial charge is 0.264 e. The van der Waals surface area contributed by atoms with E-state index in [9.17, 15) is 4.79 Å². The molecule has 0 saturated carbocycles. The van der Waals surface area contributed by atoms with Crippen LogP contribution < -0.4 is 10.1 Å². The Morgan fingerprint density at radius 3 is 2.67 bits per heavy atom. The van der Waals surface area contributed by atoms with E-state index in [-0.39, 0.29) is 12.5 Å². The summed E-state index contributed by atoms with van der Waals surface area (Å²) in [6.45, 7) is 6.09. The van der Waals surface area contributed by atoms with Crippen molar-refractivity contribution >= 4 is 48.5 Å². The zero-order valence-electron chi connectivity index (χ0n) is 15.8. The van der Waals surface area contributed by atoms with E-state index in [1.54, 1.807) is 0 Å². The van der Waals surface area contributed by atoms with Crippen LogP contribution >= 0.6 is 27.3 Å². The zero-order chi connectivity index (χ0) is 19.4. The lowest BCUT2D eigenvalue weighted by Crippen LogP contribution is -2.20. The molecule has 1 N–H and O–H groups in total. The largest absolute Gasteiger partial charge is 0.483 e. The second-order valence-corrected chi connectivity index (χ2v) is 8.58. The summed E-state index contributed by atoms with van der Waals surface area (Å²) in [4.78, 5) is 16.8. The fourth-order valence-corrected chi connectivity index (χ4v) is 4.61. The summed E-state index contributed by atoms with van der Waals surface area (Å²) >= 11 is 4.96. The number of aromatic nitrogens is 1. The Bertz CT molecular complexity index is 945. The van der Waals surface area contributed by atoms with E-state index < -0.39 is 0 Å². The summed E-state index contributed by atoms with van der Waals surface area (Å²) < 4.78 is 7.84. The average molecular weight is 447 g/mol. The van der Waals surface area contributed by atoms with Crippen LogP contribution in [0, 0.1) is 13.8 Å². The SMILES string of the molecule is CCCCc1ccc2nc(NC(=O)COc3c(C)cc(Br)cc3C)sc2c1. The number of thiazole rings is 1. The summed E-state index contributed by atoms with van der Waals surface area (Å²) in [7, 11) is 0. The lowest BCUT2D eigenvalue weighted by Gasteiger charge is -2.12. The fraction of sp³-hybridized carbons (Fsp3) is 0.333. The number of anilines is 1. The second kappa shape index (κ2) is 8.85. The number of ether oxygens (including phenoxy) is 1. The van der Waals surface area contributed by atoms with Gasteiger partial charge in [0.15, 0.2) is 11.7 Å². The Hall–Kier alpha value is -1.92. The highest BCUT2D eigenvalue weighted by atomic mass is 79.9. The molecule has 1 amide bonds. The van der Waals surface area contributed by atoms with Gasteiger partial charge in [-0.2, -0.15) is 0 Å². The number of amides is 1. The van der Waals surface area contributed by atoms with Gasteiger partial charge < -0.3 is 4.74 Å². The van der Waals surface area contributed by atoms with Crippen molar-refractivity contribution in [3.8, 4) is 5.75 Å². The maximum atomic E-state index is 12.3. The molecule has 6 heteroatoms. The third-order valence-corrected chi connectivity index (χ3v) is 5.68. The molecule has 142 valence electrons. The number of carbonyl (C=O) groups is 1. The molecule has 1 aromatic heterocycles. The molecule has 3 rings (SSSR count). The van der Waals surface area contributed by atoms with Crippen molar-refractivity contribution < 1.29 is 9.53 Å². The van der Waals surface area contributed by atoms with Crippen molar-refractivity contribution in [3.05, 3.63) is 51.5 Å². The molecule has 0 radical (unpaired) electrons. The lowest BCUT2D eigenvalue weighted by molar-refractivity contribution is -0.118. The first-order valence-corrected chi connectivity index (χ1v) is 10.7. The highest BCUT2D eigenvalue weighted by molar-refractivity contribution is 9.10. The van der Waals surface area contributed by atoms with Crippen molar-refractivity contribution in [2.75, 3.05) is 11.9 Å². The normalized spacial score (nSPS) is 11.0. The number of rotatable bonds is 7. The van der Waals surface area contributed by atoms with Gasteiger partial charge in [-0.3, -0.25) is 10.1 Å². The molecule has 0 atom stereocenters. The third kappa shape index (κ3) is 5.08. The van der Waals surface area contributed by atoms with Gasteiger partial charge in [0.05, 0.1) is 10.2 Å². The first-order valence-electron chi connectivity index (χ1n) is 9.05. The molecule has 0 spiro atoms. The molecule has 0 unspecified atom stereocenters. The van der Waals surface area contributed by atoms with Gasteiger partial charge in [0, 0.05) is 4.47 Å². The van der Waals surface area contributed by atoms with Gasteiger partial charge in [0.25, 0.3) is 5.91 Å². The third-order valence-electron chi connectivity index (χ3n) is 4.29. The highest BCUT2D eigenvalue weighted by Crippen LogP contribution is 2.29. The van der Waals surface area contributed by atoms with Crippen LogP contribution in [-0.4, -0.2) is 17.5 Å². The van der Waals surface area contributed by atoms with Crippen LogP contribution in [0.2, 0.25) is 0 Å². The van der Waals surface area contributed by atoms with Crippen molar-refractivity contribution in [1.82, 2.24) is 4.98 Å². The van der Waals surface area contributed by atoms with E-state index in [0.717, 1.165) is 38.0 Å². The van der Waals surface area contributed by atoms with Gasteiger partial charge in [0.1, 0.15) is 5.75 Å². The first kappa shape index (κ1) is 19.8. The summed E-state index contributed by atoms with van der Waals surface area (Å²) in [6.07, 6.45) is 3.44. The molecule has 2 aromatic carbocycles. The molecule has 0 aliphatic heterocycles. The summed E-state index contributed by atoms with van der Waals surface area (Å²) in [5, 5.41) is 3.46. The van der Waals surface area contributed by atoms with E-state index in [4.69, 9.17) is 4.74 Å². The van der Waals surface area contributed by atoms with Gasteiger partial charge in [0.2, 0.25) is 0 Å². The van der Waals surface area contributed by atoms with Crippen LogP contribution in [0.5, 0.6) is 5.75 Å². The Balaban J connectivity index is 1.64. The van der Waals surface area contributed by atoms with Crippen molar-refractivity contribution in [1.29, 1.82) is 0 Å². The number of carbonyl (C=O) groups excluding carboxylic acids is 1. The van der Waals surface area contributed by atoms with Gasteiger partial charge >= 0.3 is 0 Å². The Morgan fingerprint density at radius 1 is 1.22 bits per heavy atom. The van der Waals surface area contributed by atoms with E-state index in [1.165, 1.54) is 29.7 Å². The number of hydrogen-bond donors (Lipinski definition) is 1. The minimum absolute atomic E-state index is 0.0407. The van der Waals surface area contributed by atoms with E-state index in [1.807, 2.05) is 32.0 Å².